The highest BCUT2D eigenvalue weighted by molar-refractivity contribution is 5.77. The Balaban J connectivity index is 1.51. The molecule has 0 radical (unpaired) electrons. The molecule has 134 valence electrons. The number of amides is 1. The zero-order valence-corrected chi connectivity index (χ0v) is 14.1. The van der Waals surface area contributed by atoms with Gasteiger partial charge in [0.25, 0.3) is 5.91 Å². The van der Waals surface area contributed by atoms with Crippen LogP contribution >= 0.6 is 0 Å². The summed E-state index contributed by atoms with van der Waals surface area (Å²) in [6, 6.07) is 14.6. The van der Waals surface area contributed by atoms with E-state index in [-0.39, 0.29) is 24.9 Å². The first-order valence-electron chi connectivity index (χ1n) is 7.90. The van der Waals surface area contributed by atoms with E-state index in [1.54, 1.807) is 36.4 Å². The number of ether oxygens (including phenoxy) is 2. The van der Waals surface area contributed by atoms with Crippen LogP contribution in [0.4, 0.5) is 4.39 Å². The molecule has 2 aromatic carbocycles. The van der Waals surface area contributed by atoms with Crippen molar-refractivity contribution in [1.29, 1.82) is 0 Å². The zero-order chi connectivity index (χ0) is 18.4. The highest BCUT2D eigenvalue weighted by atomic mass is 19.1. The maximum Gasteiger partial charge on any atom is 0.258 e. The first-order valence-corrected chi connectivity index (χ1v) is 7.90. The number of hydrogen-bond acceptors (Lipinski definition) is 5. The van der Waals surface area contributed by atoms with Crippen molar-refractivity contribution in [3.63, 3.8) is 0 Å². The van der Waals surface area contributed by atoms with Crippen LogP contribution in [0.15, 0.2) is 59.1 Å². The second-order valence-electron chi connectivity index (χ2n) is 5.41. The monoisotopic (exact) mass is 356 g/mol. The minimum absolute atomic E-state index is 0.150. The lowest BCUT2D eigenvalue weighted by Gasteiger charge is -2.09. The number of aromatic nitrogens is 1. The van der Waals surface area contributed by atoms with Gasteiger partial charge in [0.2, 0.25) is 0 Å². The van der Waals surface area contributed by atoms with Gasteiger partial charge in [0.05, 0.1) is 13.7 Å². The van der Waals surface area contributed by atoms with Crippen LogP contribution in [-0.4, -0.2) is 24.8 Å². The smallest absolute Gasteiger partial charge is 0.258 e. The van der Waals surface area contributed by atoms with Crippen molar-refractivity contribution in [2.24, 2.45) is 0 Å². The van der Waals surface area contributed by atoms with Gasteiger partial charge in [-0.3, -0.25) is 4.79 Å². The predicted molar refractivity (Wildman–Crippen MR) is 92.2 cm³/mol. The van der Waals surface area contributed by atoms with E-state index < -0.39 is 0 Å². The molecule has 1 amide bonds. The predicted octanol–water partition coefficient (Wildman–Crippen LogP) is 3.18. The lowest BCUT2D eigenvalue weighted by molar-refractivity contribution is -0.123. The van der Waals surface area contributed by atoms with Crippen LogP contribution in [0.25, 0.3) is 11.3 Å². The van der Waals surface area contributed by atoms with Gasteiger partial charge < -0.3 is 19.3 Å². The second-order valence-corrected chi connectivity index (χ2v) is 5.41. The highest BCUT2D eigenvalue weighted by Crippen LogP contribution is 2.25. The topological polar surface area (TPSA) is 73.6 Å². The lowest BCUT2D eigenvalue weighted by Crippen LogP contribution is -2.28. The Hall–Kier alpha value is -3.35. The van der Waals surface area contributed by atoms with Crippen LogP contribution in [0.2, 0.25) is 0 Å². The van der Waals surface area contributed by atoms with Gasteiger partial charge in [-0.15, -0.1) is 0 Å². The fourth-order valence-electron chi connectivity index (χ4n) is 2.27. The van der Waals surface area contributed by atoms with Crippen molar-refractivity contribution in [1.82, 2.24) is 10.5 Å². The number of methoxy groups -OCH3 is 1. The fraction of sp³-hybridized carbons (Fsp3) is 0.158. The SMILES string of the molecule is COc1ccccc1OCC(=O)NCc1cc(-c2ccc(F)cc2)on1. The molecule has 0 atom stereocenters. The Morgan fingerprint density at radius 2 is 1.88 bits per heavy atom. The number of benzene rings is 2. The summed E-state index contributed by atoms with van der Waals surface area (Å²) in [4.78, 5) is 11.9. The minimum Gasteiger partial charge on any atom is -0.493 e. The normalized spacial score (nSPS) is 10.4. The number of para-hydroxylation sites is 2. The summed E-state index contributed by atoms with van der Waals surface area (Å²) < 4.78 is 28.8. The van der Waals surface area contributed by atoms with Crippen molar-refractivity contribution in [2.45, 2.75) is 6.54 Å². The fourth-order valence-corrected chi connectivity index (χ4v) is 2.27. The third-order valence-electron chi connectivity index (χ3n) is 3.58. The summed E-state index contributed by atoms with van der Waals surface area (Å²) in [6.45, 7) is 0.0435. The van der Waals surface area contributed by atoms with Crippen molar-refractivity contribution in [3.05, 3.63) is 66.1 Å². The molecule has 0 fully saturated rings. The van der Waals surface area contributed by atoms with Crippen molar-refractivity contribution < 1.29 is 23.2 Å². The molecule has 26 heavy (non-hydrogen) atoms. The van der Waals surface area contributed by atoms with Gasteiger partial charge >= 0.3 is 0 Å². The second kappa shape index (κ2) is 8.15. The molecule has 0 aliphatic carbocycles. The Kier molecular flexibility index (Phi) is 5.48. The third kappa shape index (κ3) is 4.38. The molecular formula is C19H17FN2O4. The van der Waals surface area contributed by atoms with E-state index in [1.807, 2.05) is 6.07 Å². The first kappa shape index (κ1) is 17.5. The molecular weight excluding hydrogens is 339 g/mol. The van der Waals surface area contributed by atoms with E-state index in [0.717, 1.165) is 0 Å². The number of halogens is 1. The molecule has 0 bridgehead atoms. The Bertz CT molecular complexity index is 877. The van der Waals surface area contributed by atoms with E-state index in [0.29, 0.717) is 28.5 Å². The molecule has 6 nitrogen and oxygen atoms in total. The van der Waals surface area contributed by atoms with Crippen LogP contribution in [0.5, 0.6) is 11.5 Å². The van der Waals surface area contributed by atoms with Crippen LogP contribution in [0.1, 0.15) is 5.69 Å². The first-order chi connectivity index (χ1) is 12.7. The molecule has 0 saturated carbocycles. The molecule has 3 rings (SSSR count). The van der Waals surface area contributed by atoms with E-state index in [2.05, 4.69) is 10.5 Å². The van der Waals surface area contributed by atoms with Crippen molar-refractivity contribution in [3.8, 4) is 22.8 Å². The Morgan fingerprint density at radius 1 is 1.15 bits per heavy atom. The van der Waals surface area contributed by atoms with Gasteiger partial charge in [-0.25, -0.2) is 4.39 Å². The maximum atomic E-state index is 12.9. The van der Waals surface area contributed by atoms with E-state index in [9.17, 15) is 9.18 Å². The largest absolute Gasteiger partial charge is 0.493 e. The molecule has 0 saturated heterocycles. The van der Waals surface area contributed by atoms with E-state index in [1.165, 1.54) is 19.2 Å². The standard InChI is InChI=1S/C19H17FN2O4/c1-24-16-4-2-3-5-17(16)25-12-19(23)21-11-15-10-18(26-22-15)13-6-8-14(20)9-7-13/h2-10H,11-12H2,1H3,(H,21,23). The molecule has 0 unspecified atom stereocenters. The van der Waals surface area contributed by atoms with Gasteiger partial charge in [-0.1, -0.05) is 17.3 Å². The molecule has 0 aliphatic rings. The molecule has 1 aromatic heterocycles. The average Bonchev–Trinajstić information content (AvgIpc) is 3.14. The number of carbonyl (C=O) groups is 1. The summed E-state index contributed by atoms with van der Waals surface area (Å²) in [5.74, 6) is 0.920. The summed E-state index contributed by atoms with van der Waals surface area (Å²) >= 11 is 0. The third-order valence-corrected chi connectivity index (χ3v) is 3.58. The number of nitrogens with zero attached hydrogens (tertiary/aromatic N) is 1. The van der Waals surface area contributed by atoms with E-state index in [4.69, 9.17) is 14.0 Å². The van der Waals surface area contributed by atoms with Crippen LogP contribution < -0.4 is 14.8 Å². The van der Waals surface area contributed by atoms with Gasteiger partial charge in [0.1, 0.15) is 11.5 Å². The summed E-state index contributed by atoms with van der Waals surface area (Å²) in [5.41, 5.74) is 1.26. The molecule has 0 spiro atoms. The Morgan fingerprint density at radius 3 is 2.62 bits per heavy atom. The molecule has 1 N–H and O–H groups in total. The van der Waals surface area contributed by atoms with Gasteiger partial charge in [0.15, 0.2) is 23.9 Å². The molecule has 3 aromatic rings. The lowest BCUT2D eigenvalue weighted by atomic mass is 10.1. The van der Waals surface area contributed by atoms with Crippen LogP contribution in [0, 0.1) is 5.82 Å². The van der Waals surface area contributed by atoms with E-state index >= 15 is 0 Å². The molecule has 0 aliphatic heterocycles. The highest BCUT2D eigenvalue weighted by Gasteiger charge is 2.10. The van der Waals surface area contributed by atoms with Gasteiger partial charge in [-0.05, 0) is 36.4 Å². The summed E-state index contributed by atoms with van der Waals surface area (Å²) in [6.07, 6.45) is 0. The number of hydrogen-bond donors (Lipinski definition) is 1. The van der Waals surface area contributed by atoms with Crippen LogP contribution in [-0.2, 0) is 11.3 Å². The average molecular weight is 356 g/mol. The molecule has 7 heteroatoms. The number of rotatable bonds is 7. The zero-order valence-electron chi connectivity index (χ0n) is 14.1. The molecule has 1 heterocycles. The van der Waals surface area contributed by atoms with Crippen molar-refractivity contribution >= 4 is 5.91 Å². The summed E-state index contributed by atoms with van der Waals surface area (Å²) in [5, 5.41) is 6.58. The summed E-state index contributed by atoms with van der Waals surface area (Å²) in [7, 11) is 1.53. The van der Waals surface area contributed by atoms with Crippen molar-refractivity contribution in [2.75, 3.05) is 13.7 Å². The minimum atomic E-state index is -0.323. The quantitative estimate of drug-likeness (QED) is 0.704. The van der Waals surface area contributed by atoms with Gasteiger partial charge in [-0.2, -0.15) is 0 Å². The van der Waals surface area contributed by atoms with Gasteiger partial charge in [0, 0.05) is 11.6 Å². The van der Waals surface area contributed by atoms with Crippen LogP contribution in [0.3, 0.4) is 0 Å². The maximum absolute atomic E-state index is 12.9. The Labute approximate surface area is 149 Å². The number of nitrogens with one attached hydrogen (secondary N) is 1. The number of carbonyl (C=O) groups excluding carboxylic acids is 1.